The zero-order valence-corrected chi connectivity index (χ0v) is 8.67. The predicted octanol–water partition coefficient (Wildman–Crippen LogP) is 2.38. The van der Waals surface area contributed by atoms with Crippen LogP contribution in [0.15, 0.2) is 31.9 Å². The smallest absolute Gasteiger partial charge is 0.408 e. The molecule has 0 fully saturated rings. The lowest BCUT2D eigenvalue weighted by Crippen LogP contribution is -2.12. The molecule has 68 valence electrons. The first-order chi connectivity index (χ1) is 6.24. The fourth-order valence-electron chi connectivity index (χ4n) is 1.37. The number of nitrogens with zero attached hydrogens (tertiary/aromatic N) is 1. The monoisotopic (exact) mass is 241 g/mol. The molecule has 0 unspecified atom stereocenters. The van der Waals surface area contributed by atoms with E-state index >= 15 is 0 Å². The van der Waals surface area contributed by atoms with E-state index in [9.17, 15) is 4.79 Å². The van der Waals surface area contributed by atoms with Crippen LogP contribution in [0.3, 0.4) is 0 Å². The molecule has 0 aliphatic carbocycles. The normalized spacial score (nSPS) is 10.9. The van der Waals surface area contributed by atoms with Crippen LogP contribution >= 0.6 is 15.9 Å². The van der Waals surface area contributed by atoms with Crippen molar-refractivity contribution < 1.29 is 4.42 Å². The number of rotatable bonds is 1. The van der Waals surface area contributed by atoms with Crippen molar-refractivity contribution in [3.05, 3.63) is 33.2 Å². The fraction of sp³-hybridized carbons (Fsp3) is 0.222. The van der Waals surface area contributed by atoms with Crippen molar-refractivity contribution in [1.29, 1.82) is 0 Å². The van der Waals surface area contributed by atoms with Crippen molar-refractivity contribution in [3.8, 4) is 0 Å². The second-order valence-corrected chi connectivity index (χ2v) is 3.55. The Kier molecular flexibility index (Phi) is 2.00. The highest BCUT2D eigenvalue weighted by molar-refractivity contribution is 9.10. The molecule has 2 aromatic rings. The van der Waals surface area contributed by atoms with E-state index in [2.05, 4.69) is 15.9 Å². The summed E-state index contributed by atoms with van der Waals surface area (Å²) in [6, 6.07) is 5.52. The Morgan fingerprint density at radius 1 is 1.54 bits per heavy atom. The highest BCUT2D eigenvalue weighted by Gasteiger charge is 2.09. The van der Waals surface area contributed by atoms with Gasteiger partial charge in [-0.25, -0.2) is 4.79 Å². The topological polar surface area (TPSA) is 35.1 Å². The Morgan fingerprint density at radius 3 is 3.00 bits per heavy atom. The van der Waals surface area contributed by atoms with E-state index in [0.29, 0.717) is 12.1 Å². The van der Waals surface area contributed by atoms with E-state index in [4.69, 9.17) is 4.42 Å². The van der Waals surface area contributed by atoms with Gasteiger partial charge in [-0.3, -0.25) is 4.57 Å². The largest absolute Gasteiger partial charge is 0.419 e. The van der Waals surface area contributed by atoms with Crippen LogP contribution in [0.2, 0.25) is 0 Å². The standard InChI is InChI=1S/C9H8BrNO2/c1-2-11-8-6(10)4-3-5-7(8)13-9(11)12/h3-5H,2H2,1H3. The number of aromatic nitrogens is 1. The van der Waals surface area contributed by atoms with Crippen molar-refractivity contribution in [3.63, 3.8) is 0 Å². The van der Waals surface area contributed by atoms with Crippen LogP contribution < -0.4 is 5.76 Å². The van der Waals surface area contributed by atoms with Crippen molar-refractivity contribution in [2.45, 2.75) is 13.5 Å². The lowest BCUT2D eigenvalue weighted by molar-refractivity contribution is 0.513. The van der Waals surface area contributed by atoms with Crippen LogP contribution in [-0.2, 0) is 6.54 Å². The van der Waals surface area contributed by atoms with Gasteiger partial charge in [0.25, 0.3) is 0 Å². The molecule has 0 aliphatic heterocycles. The number of hydrogen-bond donors (Lipinski definition) is 0. The van der Waals surface area contributed by atoms with E-state index in [0.717, 1.165) is 9.99 Å². The molecule has 1 aromatic carbocycles. The maximum atomic E-state index is 11.3. The van der Waals surface area contributed by atoms with E-state index in [1.165, 1.54) is 0 Å². The van der Waals surface area contributed by atoms with Gasteiger partial charge >= 0.3 is 5.76 Å². The maximum Gasteiger partial charge on any atom is 0.419 e. The molecule has 0 aliphatic rings. The first-order valence-electron chi connectivity index (χ1n) is 4.02. The van der Waals surface area contributed by atoms with Crippen molar-refractivity contribution in [1.82, 2.24) is 4.57 Å². The van der Waals surface area contributed by atoms with Crippen LogP contribution in [0.25, 0.3) is 11.1 Å². The van der Waals surface area contributed by atoms with Gasteiger partial charge in [0.15, 0.2) is 5.58 Å². The van der Waals surface area contributed by atoms with Crippen LogP contribution in [0.4, 0.5) is 0 Å². The molecule has 0 radical (unpaired) electrons. The zero-order chi connectivity index (χ0) is 9.42. The molecular formula is C9H8BrNO2. The van der Waals surface area contributed by atoms with Gasteiger partial charge in [0.1, 0.15) is 5.52 Å². The van der Waals surface area contributed by atoms with Gasteiger partial charge in [-0.2, -0.15) is 0 Å². The van der Waals surface area contributed by atoms with Gasteiger partial charge in [-0.05, 0) is 35.0 Å². The second-order valence-electron chi connectivity index (χ2n) is 2.70. The Morgan fingerprint density at radius 2 is 2.31 bits per heavy atom. The lowest BCUT2D eigenvalue weighted by Gasteiger charge is -1.97. The average Bonchev–Trinajstić information content (AvgIpc) is 2.42. The molecule has 3 nitrogen and oxygen atoms in total. The minimum Gasteiger partial charge on any atom is -0.408 e. The molecule has 2 rings (SSSR count). The Balaban J connectivity index is 2.96. The third kappa shape index (κ3) is 1.21. The van der Waals surface area contributed by atoms with Gasteiger partial charge in [-0.1, -0.05) is 6.07 Å². The Labute approximate surface area is 83.1 Å². The van der Waals surface area contributed by atoms with Crippen molar-refractivity contribution in [2.75, 3.05) is 0 Å². The highest BCUT2D eigenvalue weighted by atomic mass is 79.9. The average molecular weight is 242 g/mol. The molecule has 0 amide bonds. The molecule has 0 bridgehead atoms. The van der Waals surface area contributed by atoms with Crippen LogP contribution in [0.1, 0.15) is 6.92 Å². The third-order valence-electron chi connectivity index (χ3n) is 1.95. The molecule has 1 heterocycles. The minimum atomic E-state index is -0.301. The molecule has 0 spiro atoms. The van der Waals surface area contributed by atoms with E-state index in [-0.39, 0.29) is 5.76 Å². The second kappa shape index (κ2) is 3.03. The number of benzene rings is 1. The molecule has 0 saturated heterocycles. The lowest BCUT2D eigenvalue weighted by atomic mass is 10.3. The Bertz CT molecular complexity index is 498. The zero-order valence-electron chi connectivity index (χ0n) is 7.08. The fourth-order valence-corrected chi connectivity index (χ4v) is 1.93. The summed E-state index contributed by atoms with van der Waals surface area (Å²) in [5.41, 5.74) is 1.45. The summed E-state index contributed by atoms with van der Waals surface area (Å²) in [6.07, 6.45) is 0. The molecule has 4 heteroatoms. The SMILES string of the molecule is CCn1c(=O)oc2cccc(Br)c21. The van der Waals surface area contributed by atoms with Gasteiger partial charge in [0.2, 0.25) is 0 Å². The van der Waals surface area contributed by atoms with E-state index < -0.39 is 0 Å². The van der Waals surface area contributed by atoms with Gasteiger partial charge in [0, 0.05) is 11.0 Å². The van der Waals surface area contributed by atoms with Gasteiger partial charge in [0.05, 0.1) is 0 Å². The molecule has 0 N–H and O–H groups in total. The summed E-state index contributed by atoms with van der Waals surface area (Å²) < 4.78 is 7.53. The number of fused-ring (bicyclic) bond motifs is 1. The third-order valence-corrected chi connectivity index (χ3v) is 2.59. The molecule has 0 atom stereocenters. The quantitative estimate of drug-likeness (QED) is 0.769. The van der Waals surface area contributed by atoms with Crippen LogP contribution in [-0.4, -0.2) is 4.57 Å². The van der Waals surface area contributed by atoms with Crippen LogP contribution in [0.5, 0.6) is 0 Å². The number of para-hydroxylation sites is 1. The molecule has 1 aromatic heterocycles. The number of oxazole rings is 1. The summed E-state index contributed by atoms with van der Waals surface area (Å²) in [4.78, 5) is 11.3. The summed E-state index contributed by atoms with van der Waals surface area (Å²) >= 11 is 3.38. The molecular weight excluding hydrogens is 234 g/mol. The van der Waals surface area contributed by atoms with Crippen LogP contribution in [0, 0.1) is 0 Å². The highest BCUT2D eigenvalue weighted by Crippen LogP contribution is 2.22. The maximum absolute atomic E-state index is 11.3. The summed E-state index contributed by atoms with van der Waals surface area (Å²) in [5.74, 6) is -0.301. The summed E-state index contributed by atoms with van der Waals surface area (Å²) in [5, 5.41) is 0. The minimum absolute atomic E-state index is 0.301. The van der Waals surface area contributed by atoms with E-state index in [1.807, 2.05) is 19.1 Å². The van der Waals surface area contributed by atoms with Gasteiger partial charge < -0.3 is 4.42 Å². The van der Waals surface area contributed by atoms with Crippen molar-refractivity contribution in [2.24, 2.45) is 0 Å². The number of aryl methyl sites for hydroxylation is 1. The summed E-state index contributed by atoms with van der Waals surface area (Å²) in [6.45, 7) is 2.53. The van der Waals surface area contributed by atoms with Gasteiger partial charge in [-0.15, -0.1) is 0 Å². The Hall–Kier alpha value is -1.03. The first-order valence-corrected chi connectivity index (χ1v) is 4.81. The van der Waals surface area contributed by atoms with Crippen molar-refractivity contribution >= 4 is 27.0 Å². The molecule has 0 saturated carbocycles. The number of hydrogen-bond acceptors (Lipinski definition) is 2. The summed E-state index contributed by atoms with van der Waals surface area (Å²) in [7, 11) is 0. The first kappa shape index (κ1) is 8.56. The predicted molar refractivity (Wildman–Crippen MR) is 53.8 cm³/mol. The molecule has 13 heavy (non-hydrogen) atoms. The van der Waals surface area contributed by atoms with E-state index in [1.54, 1.807) is 10.6 Å². The number of halogens is 1.